The molecule has 2 rings (SSSR count). The molecular formula is C14H13BrN2O2. The number of anilines is 1. The zero-order valence-electron chi connectivity index (χ0n) is 10.6. The van der Waals surface area contributed by atoms with Crippen LogP contribution in [0.5, 0.6) is 5.75 Å². The molecule has 0 unspecified atom stereocenters. The number of hydrogen-bond acceptors (Lipinski definition) is 3. The highest BCUT2D eigenvalue weighted by atomic mass is 79.9. The van der Waals surface area contributed by atoms with Crippen LogP contribution in [0.4, 0.5) is 5.69 Å². The predicted octanol–water partition coefficient (Wildman–Crippen LogP) is 3.41. The van der Waals surface area contributed by atoms with E-state index in [1.807, 2.05) is 13.0 Å². The van der Waals surface area contributed by atoms with Crippen molar-refractivity contribution >= 4 is 27.5 Å². The quantitative estimate of drug-likeness (QED) is 0.942. The van der Waals surface area contributed by atoms with Crippen LogP contribution < -0.4 is 10.1 Å². The number of halogens is 1. The fourth-order valence-corrected chi connectivity index (χ4v) is 2.01. The largest absolute Gasteiger partial charge is 0.496 e. The van der Waals surface area contributed by atoms with Crippen molar-refractivity contribution in [1.29, 1.82) is 0 Å². The summed E-state index contributed by atoms with van der Waals surface area (Å²) in [4.78, 5) is 16.2. The Hall–Kier alpha value is -1.88. The molecule has 19 heavy (non-hydrogen) atoms. The summed E-state index contributed by atoms with van der Waals surface area (Å²) in [5.74, 6) is 0.296. The molecule has 0 bridgehead atoms. The summed E-state index contributed by atoms with van der Waals surface area (Å²) in [6.45, 7) is 1.92. The molecule has 0 saturated carbocycles. The van der Waals surface area contributed by atoms with Crippen LogP contribution in [0.15, 0.2) is 41.1 Å². The molecule has 0 aliphatic heterocycles. The lowest BCUT2D eigenvalue weighted by Gasteiger charge is -2.09. The number of hydrogen-bond donors (Lipinski definition) is 1. The molecule has 0 spiro atoms. The molecule has 1 amide bonds. The van der Waals surface area contributed by atoms with Gasteiger partial charge < -0.3 is 10.1 Å². The summed E-state index contributed by atoms with van der Waals surface area (Å²) in [5.41, 5.74) is 2.13. The van der Waals surface area contributed by atoms with Crippen molar-refractivity contribution in [2.75, 3.05) is 12.4 Å². The van der Waals surface area contributed by atoms with E-state index in [0.717, 1.165) is 10.0 Å². The van der Waals surface area contributed by atoms with Crippen LogP contribution in [0.2, 0.25) is 0 Å². The molecule has 98 valence electrons. The SMILES string of the molecule is COc1cc(Br)ccc1C(=O)Nc1cncc(C)c1. The number of amides is 1. The van der Waals surface area contributed by atoms with Crippen molar-refractivity contribution in [3.63, 3.8) is 0 Å². The third kappa shape index (κ3) is 3.32. The number of aryl methyl sites for hydroxylation is 1. The summed E-state index contributed by atoms with van der Waals surface area (Å²) >= 11 is 3.34. The lowest BCUT2D eigenvalue weighted by molar-refractivity contribution is 0.102. The first-order valence-corrected chi connectivity index (χ1v) is 6.46. The van der Waals surface area contributed by atoms with Gasteiger partial charge in [0.1, 0.15) is 5.75 Å². The first-order chi connectivity index (χ1) is 9.10. The Morgan fingerprint density at radius 3 is 2.79 bits per heavy atom. The van der Waals surface area contributed by atoms with Crippen LogP contribution >= 0.6 is 15.9 Å². The average molecular weight is 321 g/mol. The molecule has 0 atom stereocenters. The van der Waals surface area contributed by atoms with E-state index >= 15 is 0 Å². The maximum Gasteiger partial charge on any atom is 0.259 e. The van der Waals surface area contributed by atoms with E-state index in [0.29, 0.717) is 17.0 Å². The van der Waals surface area contributed by atoms with Crippen LogP contribution in [0.25, 0.3) is 0 Å². The summed E-state index contributed by atoms with van der Waals surface area (Å²) in [5, 5.41) is 2.80. The van der Waals surface area contributed by atoms with E-state index in [1.54, 1.807) is 30.6 Å². The van der Waals surface area contributed by atoms with Gasteiger partial charge in [-0.2, -0.15) is 0 Å². The summed E-state index contributed by atoms with van der Waals surface area (Å²) in [7, 11) is 1.53. The first-order valence-electron chi connectivity index (χ1n) is 5.66. The molecule has 2 aromatic rings. The molecule has 0 aliphatic carbocycles. The van der Waals surface area contributed by atoms with E-state index in [4.69, 9.17) is 4.74 Å². The maximum atomic E-state index is 12.2. The Kier molecular flexibility index (Phi) is 4.16. The van der Waals surface area contributed by atoms with Gasteiger partial charge >= 0.3 is 0 Å². The van der Waals surface area contributed by atoms with Crippen LogP contribution in [0.1, 0.15) is 15.9 Å². The number of carbonyl (C=O) groups excluding carboxylic acids is 1. The van der Waals surface area contributed by atoms with Gasteiger partial charge in [-0.3, -0.25) is 9.78 Å². The second-order valence-corrected chi connectivity index (χ2v) is 4.97. The second-order valence-electron chi connectivity index (χ2n) is 4.05. The number of carbonyl (C=O) groups is 1. The van der Waals surface area contributed by atoms with Gasteiger partial charge in [-0.1, -0.05) is 15.9 Å². The van der Waals surface area contributed by atoms with Crippen molar-refractivity contribution in [2.45, 2.75) is 6.92 Å². The van der Waals surface area contributed by atoms with Gasteiger partial charge in [0, 0.05) is 10.7 Å². The van der Waals surface area contributed by atoms with Crippen LogP contribution in [0.3, 0.4) is 0 Å². The molecular weight excluding hydrogens is 308 g/mol. The van der Waals surface area contributed by atoms with Gasteiger partial charge in [0.25, 0.3) is 5.91 Å². The topological polar surface area (TPSA) is 51.2 Å². The maximum absolute atomic E-state index is 12.2. The minimum Gasteiger partial charge on any atom is -0.496 e. The molecule has 0 aliphatic rings. The van der Waals surface area contributed by atoms with Crippen molar-refractivity contribution in [3.05, 3.63) is 52.3 Å². The molecule has 0 fully saturated rings. The van der Waals surface area contributed by atoms with Crippen LogP contribution in [-0.4, -0.2) is 18.0 Å². The lowest BCUT2D eigenvalue weighted by Crippen LogP contribution is -2.13. The molecule has 1 heterocycles. The average Bonchev–Trinajstić information content (AvgIpc) is 2.38. The normalized spacial score (nSPS) is 10.1. The first kappa shape index (κ1) is 13.5. The molecule has 1 aromatic carbocycles. The molecule has 4 nitrogen and oxygen atoms in total. The van der Waals surface area contributed by atoms with Crippen LogP contribution in [0, 0.1) is 6.92 Å². The minimum absolute atomic E-state index is 0.225. The van der Waals surface area contributed by atoms with E-state index < -0.39 is 0 Å². The Balaban J connectivity index is 2.25. The number of benzene rings is 1. The van der Waals surface area contributed by atoms with E-state index in [-0.39, 0.29) is 5.91 Å². The summed E-state index contributed by atoms with van der Waals surface area (Å²) in [6.07, 6.45) is 3.34. The standard InChI is InChI=1S/C14H13BrN2O2/c1-9-5-11(8-16-7-9)17-14(18)12-4-3-10(15)6-13(12)19-2/h3-8H,1-2H3,(H,17,18). The van der Waals surface area contributed by atoms with Gasteiger partial charge in [0.05, 0.1) is 24.6 Å². The Morgan fingerprint density at radius 2 is 2.11 bits per heavy atom. The third-order valence-corrected chi connectivity index (χ3v) is 3.03. The fourth-order valence-electron chi connectivity index (χ4n) is 1.67. The Bertz CT molecular complexity index is 614. The van der Waals surface area contributed by atoms with Crippen molar-refractivity contribution in [3.8, 4) is 5.75 Å². The zero-order valence-corrected chi connectivity index (χ0v) is 12.2. The number of methoxy groups -OCH3 is 1. The monoisotopic (exact) mass is 320 g/mol. The van der Waals surface area contributed by atoms with E-state index in [1.165, 1.54) is 7.11 Å². The van der Waals surface area contributed by atoms with Gasteiger partial charge in [0.2, 0.25) is 0 Å². The number of aromatic nitrogens is 1. The summed E-state index contributed by atoms with van der Waals surface area (Å²) < 4.78 is 6.06. The highest BCUT2D eigenvalue weighted by molar-refractivity contribution is 9.10. The van der Waals surface area contributed by atoms with Crippen molar-refractivity contribution < 1.29 is 9.53 Å². The van der Waals surface area contributed by atoms with E-state index in [2.05, 4.69) is 26.2 Å². The fraction of sp³-hybridized carbons (Fsp3) is 0.143. The van der Waals surface area contributed by atoms with Crippen molar-refractivity contribution in [2.24, 2.45) is 0 Å². The smallest absolute Gasteiger partial charge is 0.259 e. The molecule has 5 heteroatoms. The Labute approximate surface area is 119 Å². The number of nitrogens with one attached hydrogen (secondary N) is 1. The van der Waals surface area contributed by atoms with Gasteiger partial charge in [-0.15, -0.1) is 0 Å². The van der Waals surface area contributed by atoms with Gasteiger partial charge in [-0.25, -0.2) is 0 Å². The summed E-state index contributed by atoms with van der Waals surface area (Å²) in [6, 6.07) is 7.12. The number of nitrogens with zero attached hydrogens (tertiary/aromatic N) is 1. The lowest BCUT2D eigenvalue weighted by atomic mass is 10.2. The predicted molar refractivity (Wildman–Crippen MR) is 77.6 cm³/mol. The zero-order chi connectivity index (χ0) is 13.8. The highest BCUT2D eigenvalue weighted by Crippen LogP contribution is 2.24. The van der Waals surface area contributed by atoms with Crippen molar-refractivity contribution in [1.82, 2.24) is 4.98 Å². The molecule has 1 N–H and O–H groups in total. The third-order valence-electron chi connectivity index (χ3n) is 2.54. The second kappa shape index (κ2) is 5.84. The van der Waals surface area contributed by atoms with Gasteiger partial charge in [0.15, 0.2) is 0 Å². The minimum atomic E-state index is -0.225. The highest BCUT2D eigenvalue weighted by Gasteiger charge is 2.12. The number of ether oxygens (including phenoxy) is 1. The number of rotatable bonds is 3. The molecule has 1 aromatic heterocycles. The van der Waals surface area contributed by atoms with E-state index in [9.17, 15) is 4.79 Å². The number of pyridine rings is 1. The van der Waals surface area contributed by atoms with Crippen LogP contribution in [-0.2, 0) is 0 Å². The molecule has 0 saturated heterocycles. The molecule has 0 radical (unpaired) electrons. The Morgan fingerprint density at radius 1 is 1.32 bits per heavy atom. The van der Waals surface area contributed by atoms with Gasteiger partial charge in [-0.05, 0) is 36.8 Å².